The van der Waals surface area contributed by atoms with Crippen LogP contribution < -0.4 is 0 Å². The number of nitrogens with zero attached hydrogens (tertiary/aromatic N) is 2. The van der Waals surface area contributed by atoms with Gasteiger partial charge in [-0.1, -0.05) is 54.4 Å². The van der Waals surface area contributed by atoms with Gasteiger partial charge in [-0.25, -0.2) is 4.39 Å². The van der Waals surface area contributed by atoms with Crippen molar-refractivity contribution in [2.75, 3.05) is 33.9 Å². The molecule has 2 heterocycles. The monoisotopic (exact) mass is 642 g/mol. The standard InChI is InChI=1S/C34H37Cl2FN2O5/c1-4-33(42,23-13-16-38(17-14-23)18-15-30(40)43-2)25-19-28-31(29(37)20-25)34(44-3,24-7-11-27(36)12-8-24)39(32(28)41)21-22-5-9-26(35)10-6-22/h5-12,19-20,23,42H,4,13-18,21H2,1-3H3/t33-,34+/m0/s1. The van der Waals surface area contributed by atoms with Gasteiger partial charge >= 0.3 is 5.97 Å². The van der Waals surface area contributed by atoms with Crippen LogP contribution in [-0.2, 0) is 32.1 Å². The first-order chi connectivity index (χ1) is 21.1. The molecule has 3 aromatic rings. The Kier molecular flexibility index (Phi) is 9.68. The molecule has 2 aliphatic rings. The van der Waals surface area contributed by atoms with Crippen molar-refractivity contribution < 1.29 is 28.6 Å². The van der Waals surface area contributed by atoms with E-state index < -0.39 is 23.1 Å². The van der Waals surface area contributed by atoms with Crippen LogP contribution in [0.15, 0.2) is 60.7 Å². The average Bonchev–Trinajstić information content (AvgIpc) is 3.28. The minimum absolute atomic E-state index is 0.0983. The van der Waals surface area contributed by atoms with Crippen LogP contribution in [-0.4, -0.2) is 60.6 Å². The molecule has 0 radical (unpaired) electrons. The van der Waals surface area contributed by atoms with E-state index in [0.717, 1.165) is 5.56 Å². The third-order valence-corrected chi connectivity index (χ3v) is 9.74. The predicted molar refractivity (Wildman–Crippen MR) is 167 cm³/mol. The second-order valence-corrected chi connectivity index (χ2v) is 12.3. The molecule has 0 aliphatic carbocycles. The molecule has 0 unspecified atom stereocenters. The highest BCUT2D eigenvalue weighted by Gasteiger charge is 2.54. The quantitative estimate of drug-likeness (QED) is 0.254. The second-order valence-electron chi connectivity index (χ2n) is 11.5. The highest BCUT2D eigenvalue weighted by Crippen LogP contribution is 2.49. The minimum atomic E-state index is -1.57. The van der Waals surface area contributed by atoms with Crippen LogP contribution in [0.1, 0.15) is 65.2 Å². The van der Waals surface area contributed by atoms with Crippen molar-refractivity contribution in [2.24, 2.45) is 5.92 Å². The highest BCUT2D eigenvalue weighted by atomic mass is 35.5. The molecule has 2 atom stereocenters. The number of likely N-dealkylation sites (tertiary alicyclic amines) is 1. The van der Waals surface area contributed by atoms with E-state index in [2.05, 4.69) is 4.90 Å². The van der Waals surface area contributed by atoms with Gasteiger partial charge in [-0.15, -0.1) is 0 Å². The molecule has 44 heavy (non-hydrogen) atoms. The van der Waals surface area contributed by atoms with Crippen molar-refractivity contribution in [2.45, 2.75) is 50.5 Å². The largest absolute Gasteiger partial charge is 0.469 e. The number of esters is 1. The molecule has 5 rings (SSSR count). The lowest BCUT2D eigenvalue weighted by Crippen LogP contribution is -2.46. The van der Waals surface area contributed by atoms with E-state index >= 15 is 4.39 Å². The second kappa shape index (κ2) is 13.2. The number of hydrogen-bond donors (Lipinski definition) is 1. The summed E-state index contributed by atoms with van der Waals surface area (Å²) in [6, 6.07) is 16.9. The molecular weight excluding hydrogens is 606 g/mol. The molecule has 1 amide bonds. The van der Waals surface area contributed by atoms with Crippen LogP contribution in [0.3, 0.4) is 0 Å². The van der Waals surface area contributed by atoms with Gasteiger partial charge in [-0.3, -0.25) is 14.5 Å². The van der Waals surface area contributed by atoms with Gasteiger partial charge in [-0.2, -0.15) is 0 Å². The third-order valence-electron chi connectivity index (χ3n) is 9.23. The molecule has 1 N–H and O–H groups in total. The van der Waals surface area contributed by atoms with Gasteiger partial charge < -0.3 is 19.5 Å². The molecule has 1 saturated heterocycles. The first-order valence-electron chi connectivity index (χ1n) is 14.8. The summed E-state index contributed by atoms with van der Waals surface area (Å²) in [5, 5.41) is 13.2. The maximum Gasteiger partial charge on any atom is 0.306 e. The Balaban J connectivity index is 1.54. The molecule has 0 bridgehead atoms. The van der Waals surface area contributed by atoms with Gasteiger partial charge in [0.2, 0.25) is 0 Å². The number of benzene rings is 3. The molecule has 234 valence electrons. The summed E-state index contributed by atoms with van der Waals surface area (Å²) in [5.74, 6) is -1.47. The van der Waals surface area contributed by atoms with Crippen LogP contribution >= 0.6 is 23.2 Å². The molecule has 0 aromatic heterocycles. The van der Waals surface area contributed by atoms with E-state index in [0.29, 0.717) is 66.5 Å². The lowest BCUT2D eigenvalue weighted by molar-refractivity contribution is -0.141. The zero-order chi connectivity index (χ0) is 31.6. The van der Waals surface area contributed by atoms with Crippen molar-refractivity contribution in [1.82, 2.24) is 9.80 Å². The van der Waals surface area contributed by atoms with Crippen molar-refractivity contribution in [1.29, 1.82) is 0 Å². The van der Waals surface area contributed by atoms with E-state index in [1.165, 1.54) is 25.2 Å². The first-order valence-corrected chi connectivity index (χ1v) is 15.6. The fraction of sp³-hybridized carbons (Fsp3) is 0.412. The number of ether oxygens (including phenoxy) is 2. The Morgan fingerprint density at radius 2 is 1.66 bits per heavy atom. The first kappa shape index (κ1) is 32.4. The molecule has 0 spiro atoms. The summed E-state index contributed by atoms with van der Waals surface area (Å²) in [7, 11) is 2.83. The summed E-state index contributed by atoms with van der Waals surface area (Å²) in [6.45, 7) is 3.96. The number of amides is 1. The van der Waals surface area contributed by atoms with Crippen molar-refractivity contribution in [3.63, 3.8) is 0 Å². The maximum absolute atomic E-state index is 16.6. The Bertz CT molecular complexity index is 1510. The molecule has 7 nitrogen and oxygen atoms in total. The van der Waals surface area contributed by atoms with Gasteiger partial charge in [0.25, 0.3) is 5.91 Å². The van der Waals surface area contributed by atoms with E-state index in [4.69, 9.17) is 32.7 Å². The molecule has 1 fully saturated rings. The number of methoxy groups -OCH3 is 2. The third kappa shape index (κ3) is 5.86. The molecule has 3 aromatic carbocycles. The van der Waals surface area contributed by atoms with Crippen LogP contribution in [0.4, 0.5) is 4.39 Å². The fourth-order valence-corrected chi connectivity index (χ4v) is 7.02. The summed E-state index contributed by atoms with van der Waals surface area (Å²) >= 11 is 12.3. The maximum atomic E-state index is 16.6. The van der Waals surface area contributed by atoms with E-state index in [1.807, 2.05) is 19.1 Å². The lowest BCUT2D eigenvalue weighted by Gasteiger charge is -2.42. The summed E-state index contributed by atoms with van der Waals surface area (Å²) in [4.78, 5) is 29.6. The Morgan fingerprint density at radius 3 is 2.23 bits per heavy atom. The zero-order valence-corrected chi connectivity index (χ0v) is 26.6. The fourth-order valence-electron chi connectivity index (χ4n) is 6.77. The Labute approximate surface area is 267 Å². The minimum Gasteiger partial charge on any atom is -0.469 e. The number of aliphatic hydroxyl groups is 1. The van der Waals surface area contributed by atoms with Gasteiger partial charge in [0, 0.05) is 35.8 Å². The summed E-state index contributed by atoms with van der Waals surface area (Å²) in [5.41, 5.74) is -0.988. The molecule has 2 aliphatic heterocycles. The van der Waals surface area contributed by atoms with E-state index in [1.54, 1.807) is 42.5 Å². The zero-order valence-electron chi connectivity index (χ0n) is 25.1. The van der Waals surface area contributed by atoms with Crippen LogP contribution in [0.25, 0.3) is 0 Å². The van der Waals surface area contributed by atoms with Crippen LogP contribution in [0.2, 0.25) is 10.0 Å². The van der Waals surface area contributed by atoms with Gasteiger partial charge in [0.05, 0.1) is 30.3 Å². The topological polar surface area (TPSA) is 79.3 Å². The predicted octanol–water partition coefficient (Wildman–Crippen LogP) is 6.51. The molecular formula is C34H37Cl2FN2O5. The van der Waals surface area contributed by atoms with Gasteiger partial charge in [0.15, 0.2) is 5.72 Å². The molecule has 10 heteroatoms. The van der Waals surface area contributed by atoms with Crippen LogP contribution in [0.5, 0.6) is 0 Å². The number of carbonyl (C=O) groups excluding carboxylic acids is 2. The number of piperidine rings is 1. The van der Waals surface area contributed by atoms with Crippen molar-refractivity contribution >= 4 is 35.1 Å². The van der Waals surface area contributed by atoms with Crippen molar-refractivity contribution in [3.05, 3.63) is 104 Å². The summed E-state index contributed by atoms with van der Waals surface area (Å²) < 4.78 is 27.5. The lowest BCUT2D eigenvalue weighted by atomic mass is 9.73. The van der Waals surface area contributed by atoms with Crippen LogP contribution in [0, 0.1) is 11.7 Å². The highest BCUT2D eigenvalue weighted by molar-refractivity contribution is 6.30. The number of carbonyl (C=O) groups is 2. The van der Waals surface area contributed by atoms with Gasteiger partial charge in [-0.05, 0) is 85.8 Å². The number of halogens is 3. The Hall–Kier alpha value is -3.01. The molecule has 0 saturated carbocycles. The SMILES string of the molecule is CC[C@@](O)(c1cc(F)c2c(c1)C(=O)N(Cc1ccc(Cl)cc1)[C@@]2(OC)c1ccc(Cl)cc1)C1CCN(CCC(=O)OC)CC1. The average molecular weight is 644 g/mol. The number of rotatable bonds is 10. The van der Waals surface area contributed by atoms with Gasteiger partial charge in [0.1, 0.15) is 5.82 Å². The van der Waals surface area contributed by atoms with Crippen molar-refractivity contribution in [3.8, 4) is 0 Å². The van der Waals surface area contributed by atoms with E-state index in [-0.39, 0.29) is 29.6 Å². The summed E-state index contributed by atoms with van der Waals surface area (Å²) in [6.07, 6.45) is 1.97. The normalized spacial score (nSPS) is 20.4. The number of hydrogen-bond acceptors (Lipinski definition) is 6. The van der Waals surface area contributed by atoms with E-state index in [9.17, 15) is 14.7 Å². The smallest absolute Gasteiger partial charge is 0.306 e. The Morgan fingerprint density at radius 1 is 1.05 bits per heavy atom. The number of fused-ring (bicyclic) bond motifs is 1.